The Labute approximate surface area is 230 Å². The number of piperazine rings is 1. The Morgan fingerprint density at radius 3 is 2.25 bits per heavy atom. The van der Waals surface area contributed by atoms with Crippen LogP contribution in [0, 0.1) is 0 Å². The van der Waals surface area contributed by atoms with Gasteiger partial charge in [0.25, 0.3) is 5.60 Å². The number of aliphatic hydroxyl groups is 1. The lowest BCUT2D eigenvalue weighted by molar-refractivity contribution is -0.376. The van der Waals surface area contributed by atoms with E-state index >= 15 is 0 Å². The summed E-state index contributed by atoms with van der Waals surface area (Å²) in [7, 11) is -4.01. The maximum Gasteiger partial charge on any atom is 0.430 e. The molecule has 40 heavy (non-hydrogen) atoms. The third kappa shape index (κ3) is 5.60. The Kier molecular flexibility index (Phi) is 8.06. The molecule has 1 atom stereocenters. The highest BCUT2D eigenvalue weighted by atomic mass is 32.2. The van der Waals surface area contributed by atoms with Crippen LogP contribution in [0.2, 0.25) is 0 Å². The summed E-state index contributed by atoms with van der Waals surface area (Å²) < 4.78 is 108. The number of benzene rings is 1. The van der Waals surface area contributed by atoms with Crippen LogP contribution in [0.4, 0.5) is 32.0 Å². The summed E-state index contributed by atoms with van der Waals surface area (Å²) in [6.45, 7) is -0.116. The van der Waals surface area contributed by atoms with Gasteiger partial charge < -0.3 is 15.0 Å². The summed E-state index contributed by atoms with van der Waals surface area (Å²) in [5, 5.41) is 9.71. The van der Waals surface area contributed by atoms with Crippen LogP contribution in [0.25, 0.3) is 0 Å². The van der Waals surface area contributed by atoms with Crippen LogP contribution >= 0.6 is 12.2 Å². The monoisotopic (exact) mass is 607 g/mol. The van der Waals surface area contributed by atoms with Crippen LogP contribution in [-0.4, -0.2) is 65.7 Å². The average Bonchev–Trinajstić information content (AvgIpc) is 2.87. The van der Waals surface area contributed by atoms with Crippen molar-refractivity contribution in [1.82, 2.24) is 9.29 Å². The van der Waals surface area contributed by atoms with Crippen molar-refractivity contribution in [2.45, 2.75) is 36.8 Å². The van der Waals surface area contributed by atoms with E-state index in [2.05, 4.69) is 4.98 Å². The topological polar surface area (TPSA) is 93.7 Å². The molecule has 0 bridgehead atoms. The normalized spacial score (nSPS) is 19.6. The van der Waals surface area contributed by atoms with Crippen LogP contribution in [0.1, 0.15) is 17.5 Å². The second-order valence-corrected chi connectivity index (χ2v) is 11.7. The molecule has 2 N–H and O–H groups in total. The van der Waals surface area contributed by atoms with Gasteiger partial charge >= 0.3 is 12.4 Å². The summed E-state index contributed by atoms with van der Waals surface area (Å²) in [4.78, 5) is 16.2. The first-order valence-corrected chi connectivity index (χ1v) is 13.7. The number of hydrogen-bond donors (Lipinski definition) is 2. The molecule has 1 aliphatic carbocycles. The molecule has 0 spiro atoms. The van der Waals surface area contributed by atoms with E-state index in [-0.39, 0.29) is 47.9 Å². The first kappa shape index (κ1) is 30.0. The standard InChI is InChI=1S/C25H23F6N3O4S2/c26-24(27,28)23(36,25(29,30)31)17-5-7-18(8-6-17)34-12-11-33(40(37,38)21-4-2-1-3-20(21)39)15-19(34)13-16-9-10-32-22(35)14-16/h1-2,4-10,14,19,36H,3,11-13,15H2,(H,32,35). The molecule has 216 valence electrons. The zero-order chi connectivity index (χ0) is 29.5. The minimum absolute atomic E-state index is 0.0173. The zero-order valence-corrected chi connectivity index (χ0v) is 22.2. The molecule has 7 nitrogen and oxygen atoms in total. The molecule has 2 aliphatic rings. The number of halogens is 6. The molecule has 1 aromatic carbocycles. The van der Waals surface area contributed by atoms with Crippen LogP contribution in [0.15, 0.2) is 70.5 Å². The number of aromatic nitrogens is 1. The lowest BCUT2D eigenvalue weighted by Gasteiger charge is -2.43. The quantitative estimate of drug-likeness (QED) is 0.382. The number of sulfonamides is 1. The molecular formula is C25H23F6N3O4S2. The van der Waals surface area contributed by atoms with Gasteiger partial charge in [-0.1, -0.05) is 36.5 Å². The lowest BCUT2D eigenvalue weighted by Crippen LogP contribution is -2.56. The molecule has 1 unspecified atom stereocenters. The molecule has 1 aromatic heterocycles. The van der Waals surface area contributed by atoms with Gasteiger partial charge in [0.1, 0.15) is 0 Å². The van der Waals surface area contributed by atoms with Gasteiger partial charge in [0.15, 0.2) is 0 Å². The number of anilines is 1. The molecule has 4 rings (SSSR count). The third-order valence-electron chi connectivity index (χ3n) is 6.77. The first-order chi connectivity index (χ1) is 18.6. The fraction of sp³-hybridized carbons (Fsp3) is 0.360. The number of rotatable bonds is 6. The zero-order valence-electron chi connectivity index (χ0n) is 20.5. The molecule has 1 saturated heterocycles. The fourth-order valence-electron chi connectivity index (χ4n) is 4.72. The van der Waals surface area contributed by atoms with Gasteiger partial charge in [-0.2, -0.15) is 30.6 Å². The Hall–Kier alpha value is -3.01. The average molecular weight is 608 g/mol. The number of H-pyrrole nitrogens is 1. The van der Waals surface area contributed by atoms with Gasteiger partial charge in [-0.25, -0.2) is 8.42 Å². The van der Waals surface area contributed by atoms with Crippen molar-refractivity contribution in [2.75, 3.05) is 24.5 Å². The molecule has 15 heteroatoms. The van der Waals surface area contributed by atoms with Crippen LogP contribution < -0.4 is 10.5 Å². The molecule has 0 radical (unpaired) electrons. The van der Waals surface area contributed by atoms with Crippen molar-refractivity contribution in [3.63, 3.8) is 0 Å². The van der Waals surface area contributed by atoms with Gasteiger partial charge in [0.05, 0.1) is 4.91 Å². The van der Waals surface area contributed by atoms with Crippen molar-refractivity contribution >= 4 is 32.8 Å². The fourth-order valence-corrected chi connectivity index (χ4v) is 6.79. The van der Waals surface area contributed by atoms with Gasteiger partial charge in [0, 0.05) is 60.5 Å². The largest absolute Gasteiger partial charge is 0.430 e. The van der Waals surface area contributed by atoms with Gasteiger partial charge in [-0.3, -0.25) is 4.79 Å². The van der Waals surface area contributed by atoms with E-state index in [1.807, 2.05) is 0 Å². The van der Waals surface area contributed by atoms with Crippen molar-refractivity contribution < 1.29 is 39.9 Å². The number of aromatic amines is 1. The number of pyridine rings is 1. The Morgan fingerprint density at radius 1 is 1.02 bits per heavy atom. The lowest BCUT2D eigenvalue weighted by atomic mass is 9.92. The predicted molar refractivity (Wildman–Crippen MR) is 139 cm³/mol. The summed E-state index contributed by atoms with van der Waals surface area (Å²) in [6, 6.07) is 5.36. The highest BCUT2D eigenvalue weighted by Crippen LogP contribution is 2.50. The number of nitrogens with one attached hydrogen (secondary N) is 1. The summed E-state index contributed by atoms with van der Waals surface area (Å²) in [6.07, 6.45) is -5.53. The number of allylic oxidation sites excluding steroid dienone is 4. The Bertz CT molecular complexity index is 1480. The van der Waals surface area contributed by atoms with E-state index in [9.17, 15) is 44.7 Å². The second-order valence-electron chi connectivity index (χ2n) is 9.31. The van der Waals surface area contributed by atoms with Crippen molar-refractivity contribution in [2.24, 2.45) is 0 Å². The molecule has 2 heterocycles. The molecule has 2 aromatic rings. The van der Waals surface area contributed by atoms with E-state index in [1.165, 1.54) is 22.6 Å². The molecule has 1 fully saturated rings. The van der Waals surface area contributed by atoms with Crippen molar-refractivity contribution in [3.8, 4) is 0 Å². The predicted octanol–water partition coefficient (Wildman–Crippen LogP) is 3.96. The Balaban J connectivity index is 1.69. The maximum absolute atomic E-state index is 13.4. The maximum atomic E-state index is 13.4. The molecule has 1 aliphatic heterocycles. The highest BCUT2D eigenvalue weighted by Gasteiger charge is 2.71. The van der Waals surface area contributed by atoms with E-state index in [1.54, 1.807) is 23.1 Å². The number of thiocarbonyl (C=S) groups is 1. The minimum atomic E-state index is -6.03. The van der Waals surface area contributed by atoms with Gasteiger partial charge in [0.2, 0.25) is 15.6 Å². The number of alkyl halides is 6. The molecule has 0 amide bonds. The highest BCUT2D eigenvalue weighted by molar-refractivity contribution is 7.96. The smallest absolute Gasteiger partial charge is 0.369 e. The van der Waals surface area contributed by atoms with Gasteiger partial charge in [-0.15, -0.1) is 0 Å². The number of hydrogen-bond acceptors (Lipinski definition) is 6. The van der Waals surface area contributed by atoms with Crippen LogP contribution in [0.5, 0.6) is 0 Å². The van der Waals surface area contributed by atoms with E-state index in [0.717, 1.165) is 12.1 Å². The first-order valence-electron chi connectivity index (χ1n) is 11.9. The van der Waals surface area contributed by atoms with E-state index in [4.69, 9.17) is 12.2 Å². The number of nitrogens with zero attached hydrogens (tertiary/aromatic N) is 2. The van der Waals surface area contributed by atoms with E-state index < -0.39 is 45.1 Å². The second kappa shape index (κ2) is 10.8. The van der Waals surface area contributed by atoms with Crippen molar-refractivity contribution in [1.29, 1.82) is 0 Å². The van der Waals surface area contributed by atoms with E-state index in [0.29, 0.717) is 17.7 Å². The summed E-state index contributed by atoms with van der Waals surface area (Å²) in [5.41, 5.74) is -6.14. The minimum Gasteiger partial charge on any atom is -0.369 e. The Morgan fingerprint density at radius 2 is 1.68 bits per heavy atom. The molecule has 0 saturated carbocycles. The van der Waals surface area contributed by atoms with Crippen LogP contribution in [-0.2, 0) is 22.0 Å². The van der Waals surface area contributed by atoms with Crippen LogP contribution in [0.3, 0.4) is 0 Å². The molecular weight excluding hydrogens is 584 g/mol. The third-order valence-corrected chi connectivity index (χ3v) is 9.24. The SMILES string of the molecule is O=c1cc(CC2CN(S(=O)(=O)C3=CC=CCC3=S)CCN2c2ccc(C(O)(C(F)(F)F)C(F)(F)F)cc2)cc[nH]1. The summed E-state index contributed by atoms with van der Waals surface area (Å²) >= 11 is 5.23. The van der Waals surface area contributed by atoms with Crippen molar-refractivity contribution in [3.05, 3.63) is 87.2 Å². The van der Waals surface area contributed by atoms with Gasteiger partial charge in [-0.05, 0) is 36.3 Å². The summed E-state index contributed by atoms with van der Waals surface area (Å²) in [5.74, 6) is 0.